The average Bonchev–Trinajstić information content (AvgIpc) is 2.46. The molecular weight excluding hydrogens is 266 g/mol. The van der Waals surface area contributed by atoms with Gasteiger partial charge in [-0.25, -0.2) is 15.8 Å². The first kappa shape index (κ1) is 15.1. The second-order valence-electron chi connectivity index (χ2n) is 5.68. The maximum Gasteiger partial charge on any atom is 0.145 e. The molecule has 1 aromatic carbocycles. The third kappa shape index (κ3) is 3.61. The third-order valence-corrected chi connectivity index (χ3v) is 2.91. The first-order valence-corrected chi connectivity index (χ1v) is 6.70. The number of hydrazine groups is 1. The van der Waals surface area contributed by atoms with Crippen LogP contribution in [0.25, 0.3) is 0 Å². The highest BCUT2D eigenvalue weighted by molar-refractivity contribution is 5.65. The molecule has 0 fully saturated rings. The van der Waals surface area contributed by atoms with Crippen LogP contribution in [-0.2, 0) is 5.41 Å². The van der Waals surface area contributed by atoms with Gasteiger partial charge < -0.3 is 15.5 Å². The van der Waals surface area contributed by atoms with Gasteiger partial charge in [0.15, 0.2) is 0 Å². The molecule has 0 saturated carbocycles. The van der Waals surface area contributed by atoms with Gasteiger partial charge >= 0.3 is 0 Å². The molecule has 4 N–H and O–H groups in total. The monoisotopic (exact) mass is 287 g/mol. The summed E-state index contributed by atoms with van der Waals surface area (Å²) in [6.45, 7) is 6.15. The number of methoxy groups -OCH3 is 1. The smallest absolute Gasteiger partial charge is 0.145 e. The predicted octanol–water partition coefficient (Wildman–Crippen LogP) is 2.81. The summed E-state index contributed by atoms with van der Waals surface area (Å²) in [5, 5.41) is 3.24. The van der Waals surface area contributed by atoms with Gasteiger partial charge in [-0.15, -0.1) is 0 Å². The van der Waals surface area contributed by atoms with Gasteiger partial charge in [-0.05, 0) is 12.1 Å². The van der Waals surface area contributed by atoms with E-state index < -0.39 is 0 Å². The molecule has 0 aliphatic rings. The van der Waals surface area contributed by atoms with Crippen molar-refractivity contribution in [3.63, 3.8) is 0 Å². The molecule has 2 rings (SSSR count). The van der Waals surface area contributed by atoms with Gasteiger partial charge in [0.05, 0.1) is 12.8 Å². The number of nitrogens with zero attached hydrogens (tertiary/aromatic N) is 2. The zero-order valence-electron chi connectivity index (χ0n) is 12.8. The van der Waals surface area contributed by atoms with Gasteiger partial charge in [-0.2, -0.15) is 0 Å². The molecule has 1 aromatic heterocycles. The summed E-state index contributed by atoms with van der Waals surface area (Å²) < 4.78 is 5.33. The Bertz CT molecular complexity index is 622. The predicted molar refractivity (Wildman–Crippen MR) is 84.8 cm³/mol. The number of aromatic nitrogens is 2. The Hall–Kier alpha value is -2.34. The standard InChI is InChI=1S/C15H21N5O/c1-15(2,3)14-18-12(9-13(19-14)20-16)17-10-7-5-6-8-11(10)21-4/h5-9H,16H2,1-4H3,(H2,17,18,19,20). The van der Waals surface area contributed by atoms with Crippen LogP contribution in [-0.4, -0.2) is 17.1 Å². The van der Waals surface area contributed by atoms with E-state index in [4.69, 9.17) is 10.6 Å². The van der Waals surface area contributed by atoms with Crippen LogP contribution >= 0.6 is 0 Å². The van der Waals surface area contributed by atoms with Crippen molar-refractivity contribution >= 4 is 17.3 Å². The number of nitrogen functional groups attached to an aromatic ring is 1. The molecule has 0 spiro atoms. The Morgan fingerprint density at radius 3 is 2.38 bits per heavy atom. The highest BCUT2D eigenvalue weighted by atomic mass is 16.5. The van der Waals surface area contributed by atoms with Gasteiger partial charge in [0.2, 0.25) is 0 Å². The number of anilines is 3. The number of ether oxygens (including phenoxy) is 1. The molecule has 2 aromatic rings. The molecule has 0 radical (unpaired) electrons. The van der Waals surface area contributed by atoms with E-state index in [1.165, 1.54) is 0 Å². The van der Waals surface area contributed by atoms with Gasteiger partial charge in [0.25, 0.3) is 0 Å². The SMILES string of the molecule is COc1ccccc1Nc1cc(NN)nc(C(C)(C)C)n1. The quantitative estimate of drug-likeness (QED) is 0.592. The largest absolute Gasteiger partial charge is 0.495 e. The van der Waals surface area contributed by atoms with Crippen molar-refractivity contribution in [1.29, 1.82) is 0 Å². The molecule has 0 aliphatic heterocycles. The minimum Gasteiger partial charge on any atom is -0.495 e. The van der Waals surface area contributed by atoms with E-state index in [1.807, 2.05) is 24.3 Å². The fourth-order valence-corrected chi connectivity index (χ4v) is 1.81. The van der Waals surface area contributed by atoms with Crippen LogP contribution in [0.1, 0.15) is 26.6 Å². The summed E-state index contributed by atoms with van der Waals surface area (Å²) in [5.41, 5.74) is 3.23. The number of benzene rings is 1. The van der Waals surface area contributed by atoms with E-state index in [0.717, 1.165) is 11.4 Å². The highest BCUT2D eigenvalue weighted by Gasteiger charge is 2.19. The van der Waals surface area contributed by atoms with Crippen LogP contribution in [0.3, 0.4) is 0 Å². The lowest BCUT2D eigenvalue weighted by atomic mass is 9.96. The molecule has 0 atom stereocenters. The van der Waals surface area contributed by atoms with Crippen molar-refractivity contribution in [3.8, 4) is 5.75 Å². The zero-order valence-corrected chi connectivity index (χ0v) is 12.8. The summed E-state index contributed by atoms with van der Waals surface area (Å²) in [7, 11) is 1.63. The van der Waals surface area contributed by atoms with Crippen molar-refractivity contribution in [2.75, 3.05) is 17.9 Å². The first-order valence-electron chi connectivity index (χ1n) is 6.70. The zero-order chi connectivity index (χ0) is 15.5. The molecule has 0 unspecified atom stereocenters. The van der Waals surface area contributed by atoms with E-state index in [0.29, 0.717) is 17.5 Å². The molecule has 0 amide bonds. The van der Waals surface area contributed by atoms with Gasteiger partial charge in [0, 0.05) is 11.5 Å². The maximum absolute atomic E-state index is 5.49. The minimum atomic E-state index is -0.177. The summed E-state index contributed by atoms with van der Waals surface area (Å²) in [6.07, 6.45) is 0. The molecule has 0 saturated heterocycles. The molecule has 0 aliphatic carbocycles. The Morgan fingerprint density at radius 1 is 1.10 bits per heavy atom. The second-order valence-corrected chi connectivity index (χ2v) is 5.68. The summed E-state index contributed by atoms with van der Waals surface area (Å²) >= 11 is 0. The van der Waals surface area contributed by atoms with E-state index in [1.54, 1.807) is 13.2 Å². The maximum atomic E-state index is 5.49. The average molecular weight is 287 g/mol. The number of hydrogen-bond acceptors (Lipinski definition) is 6. The van der Waals surface area contributed by atoms with E-state index >= 15 is 0 Å². The van der Waals surface area contributed by atoms with E-state index in [9.17, 15) is 0 Å². The van der Waals surface area contributed by atoms with Crippen molar-refractivity contribution < 1.29 is 4.74 Å². The van der Waals surface area contributed by atoms with Crippen LogP contribution in [0.2, 0.25) is 0 Å². The number of rotatable bonds is 4. The number of nitrogens with one attached hydrogen (secondary N) is 2. The Labute approximate surface area is 124 Å². The lowest BCUT2D eigenvalue weighted by Crippen LogP contribution is -2.19. The highest BCUT2D eigenvalue weighted by Crippen LogP contribution is 2.28. The molecule has 21 heavy (non-hydrogen) atoms. The van der Waals surface area contributed by atoms with Crippen LogP contribution in [0, 0.1) is 0 Å². The summed E-state index contributed by atoms with van der Waals surface area (Å²) in [5.74, 6) is 8.16. The fourth-order valence-electron chi connectivity index (χ4n) is 1.81. The van der Waals surface area contributed by atoms with Gasteiger partial charge in [-0.3, -0.25) is 0 Å². The number of hydrogen-bond donors (Lipinski definition) is 3. The summed E-state index contributed by atoms with van der Waals surface area (Å²) in [4.78, 5) is 8.94. The van der Waals surface area contributed by atoms with E-state index in [-0.39, 0.29) is 5.41 Å². The summed E-state index contributed by atoms with van der Waals surface area (Å²) in [6, 6.07) is 9.40. The Morgan fingerprint density at radius 2 is 1.76 bits per heavy atom. The van der Waals surface area contributed by atoms with Crippen molar-refractivity contribution in [2.24, 2.45) is 5.84 Å². The molecule has 112 valence electrons. The van der Waals surface area contributed by atoms with Gasteiger partial charge in [-0.1, -0.05) is 32.9 Å². The number of nitrogens with two attached hydrogens (primary N) is 1. The third-order valence-electron chi connectivity index (χ3n) is 2.91. The first-order chi connectivity index (χ1) is 9.94. The molecular formula is C15H21N5O. The molecule has 0 bridgehead atoms. The molecule has 6 nitrogen and oxygen atoms in total. The van der Waals surface area contributed by atoms with Crippen LogP contribution in [0.5, 0.6) is 5.75 Å². The lowest BCUT2D eigenvalue weighted by Gasteiger charge is -2.19. The number of para-hydroxylation sites is 2. The Balaban J connectivity index is 2.39. The second kappa shape index (κ2) is 5.97. The van der Waals surface area contributed by atoms with Crippen molar-refractivity contribution in [3.05, 3.63) is 36.2 Å². The van der Waals surface area contributed by atoms with E-state index in [2.05, 4.69) is 41.5 Å². The minimum absolute atomic E-state index is 0.177. The van der Waals surface area contributed by atoms with Crippen molar-refractivity contribution in [2.45, 2.75) is 26.2 Å². The fraction of sp³-hybridized carbons (Fsp3) is 0.333. The lowest BCUT2D eigenvalue weighted by molar-refractivity contribution is 0.417. The Kier molecular flexibility index (Phi) is 4.28. The van der Waals surface area contributed by atoms with Crippen LogP contribution in [0.15, 0.2) is 30.3 Å². The van der Waals surface area contributed by atoms with Gasteiger partial charge in [0.1, 0.15) is 23.2 Å². The van der Waals surface area contributed by atoms with Crippen LogP contribution in [0.4, 0.5) is 17.3 Å². The van der Waals surface area contributed by atoms with Crippen LogP contribution < -0.4 is 21.3 Å². The topological polar surface area (TPSA) is 85.1 Å². The molecule has 1 heterocycles. The van der Waals surface area contributed by atoms with Crippen molar-refractivity contribution in [1.82, 2.24) is 9.97 Å². The molecule has 6 heteroatoms. The normalized spacial score (nSPS) is 11.1.